The predicted octanol–water partition coefficient (Wildman–Crippen LogP) is 3.43. The third-order valence-corrected chi connectivity index (χ3v) is 6.55. The molecule has 0 spiro atoms. The van der Waals surface area contributed by atoms with E-state index in [-0.39, 0.29) is 11.3 Å². The van der Waals surface area contributed by atoms with E-state index in [0.717, 1.165) is 31.7 Å². The summed E-state index contributed by atoms with van der Waals surface area (Å²) in [5.74, 6) is 0.707. The summed E-state index contributed by atoms with van der Waals surface area (Å²) < 4.78 is 12.6. The molecule has 7 heteroatoms. The molecule has 1 saturated heterocycles. The van der Waals surface area contributed by atoms with Crippen molar-refractivity contribution in [3.8, 4) is 11.5 Å². The Morgan fingerprint density at radius 2 is 1.65 bits per heavy atom. The molecule has 0 saturated carbocycles. The van der Waals surface area contributed by atoms with Crippen molar-refractivity contribution in [3.05, 3.63) is 87.8 Å². The van der Waals surface area contributed by atoms with Gasteiger partial charge >= 0.3 is 0 Å². The van der Waals surface area contributed by atoms with Crippen LogP contribution in [0.25, 0.3) is 0 Å². The van der Waals surface area contributed by atoms with E-state index in [0.29, 0.717) is 30.2 Å². The summed E-state index contributed by atoms with van der Waals surface area (Å²) in [5, 5.41) is 11.1. The predicted molar refractivity (Wildman–Crippen MR) is 134 cm³/mol. The first-order chi connectivity index (χ1) is 16.5. The lowest BCUT2D eigenvalue weighted by Crippen LogP contribution is -2.49. The van der Waals surface area contributed by atoms with Crippen LogP contribution in [0.3, 0.4) is 0 Å². The lowest BCUT2D eigenvalue weighted by molar-refractivity contribution is 0.183. The summed E-state index contributed by atoms with van der Waals surface area (Å²) in [6.45, 7) is 5.79. The number of para-hydroxylation sites is 2. The molecule has 2 aromatic carbocycles. The quantitative estimate of drug-likeness (QED) is 0.552. The fourth-order valence-electron chi connectivity index (χ4n) is 4.79. The SMILES string of the molecule is COCCn1c(C)cc(O)c([C@H](c2ccccc2OC)N2CCN(c3ccccc3)CC2)c1=O. The number of benzene rings is 2. The lowest BCUT2D eigenvalue weighted by Gasteiger charge is -2.40. The van der Waals surface area contributed by atoms with Crippen LogP contribution in [0.15, 0.2) is 65.5 Å². The number of rotatable bonds is 8. The number of pyridine rings is 1. The highest BCUT2D eigenvalue weighted by atomic mass is 16.5. The van der Waals surface area contributed by atoms with Gasteiger partial charge in [-0.3, -0.25) is 9.69 Å². The maximum atomic E-state index is 13.7. The van der Waals surface area contributed by atoms with Crippen LogP contribution >= 0.6 is 0 Å². The zero-order valence-electron chi connectivity index (χ0n) is 20.1. The highest BCUT2D eigenvalue weighted by Gasteiger charge is 2.33. The molecule has 0 radical (unpaired) electrons. The minimum atomic E-state index is -0.434. The van der Waals surface area contributed by atoms with Gasteiger partial charge in [0.15, 0.2) is 0 Å². The Hall–Kier alpha value is -3.29. The second-order valence-electron chi connectivity index (χ2n) is 8.54. The highest BCUT2D eigenvalue weighted by molar-refractivity contribution is 5.48. The van der Waals surface area contributed by atoms with Gasteiger partial charge in [0, 0.05) is 56.8 Å². The number of aromatic nitrogens is 1. The Bertz CT molecular complexity index is 1150. The zero-order valence-corrected chi connectivity index (χ0v) is 20.1. The van der Waals surface area contributed by atoms with Crippen molar-refractivity contribution in [2.24, 2.45) is 0 Å². The smallest absolute Gasteiger partial charge is 0.259 e. The number of anilines is 1. The number of hydrogen-bond acceptors (Lipinski definition) is 6. The number of aromatic hydroxyl groups is 1. The fraction of sp³-hybridized carbons (Fsp3) is 0.370. The van der Waals surface area contributed by atoms with Crippen molar-refractivity contribution in [1.82, 2.24) is 9.47 Å². The van der Waals surface area contributed by atoms with Crippen LogP contribution in [0, 0.1) is 6.92 Å². The summed E-state index contributed by atoms with van der Waals surface area (Å²) in [4.78, 5) is 18.3. The Balaban J connectivity index is 1.76. The van der Waals surface area contributed by atoms with Crippen LogP contribution < -0.4 is 15.2 Å². The van der Waals surface area contributed by atoms with E-state index in [1.165, 1.54) is 5.69 Å². The second kappa shape index (κ2) is 10.8. The molecule has 1 aliphatic rings. The van der Waals surface area contributed by atoms with Gasteiger partial charge in [0.2, 0.25) is 0 Å². The molecule has 2 heterocycles. The largest absolute Gasteiger partial charge is 0.507 e. The molecule has 34 heavy (non-hydrogen) atoms. The summed E-state index contributed by atoms with van der Waals surface area (Å²) >= 11 is 0. The molecule has 180 valence electrons. The Kier molecular flexibility index (Phi) is 7.55. The van der Waals surface area contributed by atoms with E-state index < -0.39 is 6.04 Å². The highest BCUT2D eigenvalue weighted by Crippen LogP contribution is 2.37. The van der Waals surface area contributed by atoms with Gasteiger partial charge in [-0.2, -0.15) is 0 Å². The molecule has 0 bridgehead atoms. The van der Waals surface area contributed by atoms with Crippen LogP contribution in [0.2, 0.25) is 0 Å². The number of hydrogen-bond donors (Lipinski definition) is 1. The molecule has 3 aromatic rings. The third kappa shape index (κ3) is 4.81. The van der Waals surface area contributed by atoms with Crippen molar-refractivity contribution < 1.29 is 14.6 Å². The van der Waals surface area contributed by atoms with Crippen molar-refractivity contribution >= 4 is 5.69 Å². The summed E-state index contributed by atoms with van der Waals surface area (Å²) in [5.41, 5.74) is 2.94. The normalized spacial score (nSPS) is 15.3. The number of ether oxygens (including phenoxy) is 2. The Morgan fingerprint density at radius 3 is 2.32 bits per heavy atom. The topological polar surface area (TPSA) is 67.2 Å². The van der Waals surface area contributed by atoms with Crippen LogP contribution in [0.4, 0.5) is 5.69 Å². The molecular weight excluding hydrogens is 430 g/mol. The second-order valence-corrected chi connectivity index (χ2v) is 8.54. The number of aryl methyl sites for hydroxylation is 1. The maximum Gasteiger partial charge on any atom is 0.259 e. The molecule has 0 aliphatic carbocycles. The number of methoxy groups -OCH3 is 2. The molecule has 4 rings (SSSR count). The lowest BCUT2D eigenvalue weighted by atomic mass is 9.95. The van der Waals surface area contributed by atoms with Gasteiger partial charge in [-0.05, 0) is 31.2 Å². The fourth-order valence-corrected chi connectivity index (χ4v) is 4.79. The van der Waals surface area contributed by atoms with Crippen molar-refractivity contribution in [3.63, 3.8) is 0 Å². The van der Waals surface area contributed by atoms with Gasteiger partial charge in [0.05, 0.1) is 25.3 Å². The van der Waals surface area contributed by atoms with Gasteiger partial charge in [0.1, 0.15) is 11.5 Å². The first-order valence-electron chi connectivity index (χ1n) is 11.6. The number of piperazine rings is 1. The molecule has 0 amide bonds. The van der Waals surface area contributed by atoms with Crippen LogP contribution in [-0.4, -0.2) is 61.6 Å². The van der Waals surface area contributed by atoms with Gasteiger partial charge in [-0.25, -0.2) is 0 Å². The van der Waals surface area contributed by atoms with Crippen molar-refractivity contribution in [2.75, 3.05) is 51.9 Å². The Labute approximate surface area is 200 Å². The first-order valence-corrected chi connectivity index (χ1v) is 11.6. The van der Waals surface area contributed by atoms with Crippen LogP contribution in [0.5, 0.6) is 11.5 Å². The van der Waals surface area contributed by atoms with Crippen molar-refractivity contribution in [2.45, 2.75) is 19.5 Å². The van der Waals surface area contributed by atoms with Crippen molar-refractivity contribution in [1.29, 1.82) is 0 Å². The third-order valence-electron chi connectivity index (χ3n) is 6.55. The van der Waals surface area contributed by atoms with Gasteiger partial charge in [0.25, 0.3) is 5.56 Å². The van der Waals surface area contributed by atoms with Crippen LogP contribution in [0.1, 0.15) is 22.9 Å². The zero-order chi connectivity index (χ0) is 24.1. The van der Waals surface area contributed by atoms with Gasteiger partial charge in [-0.1, -0.05) is 36.4 Å². The summed E-state index contributed by atoms with van der Waals surface area (Å²) in [6, 6.07) is 19.3. The Morgan fingerprint density at radius 1 is 0.971 bits per heavy atom. The standard InChI is InChI=1S/C27H33N3O4/c1-20-19-23(31)25(27(32)30(20)17-18-33-2)26(22-11-7-8-12-24(22)34-3)29-15-13-28(14-16-29)21-9-5-4-6-10-21/h4-12,19,26,31H,13-18H2,1-3H3/t26-/m0/s1. The molecule has 1 N–H and O–H groups in total. The average Bonchev–Trinajstić information content (AvgIpc) is 2.87. The molecule has 1 atom stereocenters. The monoisotopic (exact) mass is 463 g/mol. The molecule has 1 fully saturated rings. The van der Waals surface area contributed by atoms with Gasteiger partial charge in [-0.15, -0.1) is 0 Å². The van der Waals surface area contributed by atoms with E-state index in [9.17, 15) is 9.90 Å². The van der Waals surface area contributed by atoms with E-state index in [4.69, 9.17) is 9.47 Å². The average molecular weight is 464 g/mol. The molecule has 0 unspecified atom stereocenters. The van der Waals surface area contributed by atoms with E-state index in [1.54, 1.807) is 24.9 Å². The summed E-state index contributed by atoms with van der Waals surface area (Å²) in [6.07, 6.45) is 0. The summed E-state index contributed by atoms with van der Waals surface area (Å²) in [7, 11) is 3.25. The molecule has 1 aromatic heterocycles. The molecular formula is C27H33N3O4. The molecule has 1 aliphatic heterocycles. The van der Waals surface area contributed by atoms with E-state index >= 15 is 0 Å². The van der Waals surface area contributed by atoms with E-state index in [1.807, 2.05) is 49.4 Å². The van der Waals surface area contributed by atoms with Crippen LogP contribution in [-0.2, 0) is 11.3 Å². The van der Waals surface area contributed by atoms with E-state index in [2.05, 4.69) is 21.9 Å². The maximum absolute atomic E-state index is 13.7. The molecule has 7 nitrogen and oxygen atoms in total. The first kappa shape index (κ1) is 23.9. The minimum Gasteiger partial charge on any atom is -0.507 e. The number of nitrogens with zero attached hydrogens (tertiary/aromatic N) is 3. The van der Waals surface area contributed by atoms with Gasteiger partial charge < -0.3 is 24.0 Å². The minimum absolute atomic E-state index is 0.0116.